The Kier molecular flexibility index (Phi) is 1.82. The van der Waals surface area contributed by atoms with Crippen molar-refractivity contribution in [2.45, 2.75) is 45.6 Å². The average molecular weight is 181 g/mol. The molecule has 13 heavy (non-hydrogen) atoms. The molecular formula is C11H19NO. The molecule has 2 nitrogen and oxygen atoms in total. The summed E-state index contributed by atoms with van der Waals surface area (Å²) in [5.74, 6) is 1.08. The highest BCUT2D eigenvalue weighted by molar-refractivity contribution is 5.96. The SMILES string of the molecule is CCNC12CCC(C1)C(C)(C)C2=O. The van der Waals surface area contributed by atoms with E-state index < -0.39 is 0 Å². The summed E-state index contributed by atoms with van der Waals surface area (Å²) in [4.78, 5) is 12.1. The van der Waals surface area contributed by atoms with Crippen LogP contribution in [0.25, 0.3) is 0 Å². The molecule has 0 heterocycles. The minimum atomic E-state index is -0.136. The summed E-state index contributed by atoms with van der Waals surface area (Å²) in [6, 6.07) is 0. The molecule has 0 aromatic rings. The van der Waals surface area contributed by atoms with Gasteiger partial charge >= 0.3 is 0 Å². The first kappa shape index (κ1) is 9.20. The van der Waals surface area contributed by atoms with Crippen LogP contribution in [0.5, 0.6) is 0 Å². The normalized spacial score (nSPS) is 41.5. The third-order valence-corrected chi connectivity index (χ3v) is 4.07. The standard InChI is InChI=1S/C11H19NO/c1-4-12-11-6-5-8(7-11)10(2,3)9(11)13/h8,12H,4-7H2,1-3H3. The number of nitrogens with one attached hydrogen (secondary N) is 1. The summed E-state index contributed by atoms with van der Waals surface area (Å²) in [5, 5.41) is 3.41. The van der Waals surface area contributed by atoms with E-state index in [4.69, 9.17) is 0 Å². The third kappa shape index (κ3) is 1.01. The molecule has 0 saturated heterocycles. The monoisotopic (exact) mass is 181 g/mol. The van der Waals surface area contributed by atoms with Crippen LogP contribution in [0.2, 0.25) is 0 Å². The van der Waals surface area contributed by atoms with Gasteiger partial charge in [0, 0.05) is 5.41 Å². The van der Waals surface area contributed by atoms with Gasteiger partial charge in [-0.1, -0.05) is 20.8 Å². The van der Waals surface area contributed by atoms with Crippen LogP contribution in [0.3, 0.4) is 0 Å². The maximum absolute atomic E-state index is 12.1. The van der Waals surface area contributed by atoms with Gasteiger partial charge in [-0.2, -0.15) is 0 Å². The first-order valence-corrected chi connectivity index (χ1v) is 5.33. The zero-order valence-corrected chi connectivity index (χ0v) is 8.81. The Labute approximate surface area is 80.1 Å². The van der Waals surface area contributed by atoms with Crippen LogP contribution in [0, 0.1) is 11.3 Å². The number of likely N-dealkylation sites (N-methyl/N-ethyl adjacent to an activating group) is 1. The maximum atomic E-state index is 12.1. The molecule has 0 aromatic carbocycles. The number of hydrogen-bond acceptors (Lipinski definition) is 2. The molecule has 2 fully saturated rings. The summed E-state index contributed by atoms with van der Waals surface area (Å²) < 4.78 is 0. The molecule has 2 bridgehead atoms. The van der Waals surface area contributed by atoms with Gasteiger partial charge in [0.15, 0.2) is 5.78 Å². The van der Waals surface area contributed by atoms with Crippen molar-refractivity contribution in [2.24, 2.45) is 11.3 Å². The molecule has 2 unspecified atom stereocenters. The second kappa shape index (κ2) is 2.57. The highest BCUT2D eigenvalue weighted by Gasteiger charge is 2.60. The average Bonchev–Trinajstić information content (AvgIpc) is 2.55. The van der Waals surface area contributed by atoms with Crippen molar-refractivity contribution >= 4 is 5.78 Å². The van der Waals surface area contributed by atoms with Crippen LogP contribution < -0.4 is 5.32 Å². The predicted octanol–water partition coefficient (Wildman–Crippen LogP) is 1.74. The second-order valence-electron chi connectivity index (χ2n) is 5.10. The van der Waals surface area contributed by atoms with Crippen molar-refractivity contribution in [2.75, 3.05) is 6.54 Å². The Morgan fingerprint density at radius 3 is 2.69 bits per heavy atom. The van der Waals surface area contributed by atoms with E-state index in [9.17, 15) is 4.79 Å². The van der Waals surface area contributed by atoms with Crippen LogP contribution in [0.4, 0.5) is 0 Å². The van der Waals surface area contributed by atoms with Crippen LogP contribution in [-0.2, 0) is 4.79 Å². The second-order valence-corrected chi connectivity index (χ2v) is 5.10. The first-order valence-electron chi connectivity index (χ1n) is 5.33. The van der Waals surface area contributed by atoms with E-state index in [-0.39, 0.29) is 11.0 Å². The number of rotatable bonds is 2. The fourth-order valence-corrected chi connectivity index (χ4v) is 3.25. The number of hydrogen-bond donors (Lipinski definition) is 1. The van der Waals surface area contributed by atoms with Gasteiger partial charge in [0.2, 0.25) is 0 Å². The van der Waals surface area contributed by atoms with Crippen molar-refractivity contribution in [3.05, 3.63) is 0 Å². The molecule has 0 aromatic heterocycles. The number of ketones is 1. The Morgan fingerprint density at radius 1 is 1.54 bits per heavy atom. The van der Waals surface area contributed by atoms with Crippen LogP contribution in [0.1, 0.15) is 40.0 Å². The van der Waals surface area contributed by atoms with Gasteiger partial charge in [0.1, 0.15) is 0 Å². The quantitative estimate of drug-likeness (QED) is 0.703. The summed E-state index contributed by atoms with van der Waals surface area (Å²) in [6.07, 6.45) is 3.37. The molecule has 2 aliphatic carbocycles. The van der Waals surface area contributed by atoms with Crippen molar-refractivity contribution in [1.82, 2.24) is 5.32 Å². The molecular weight excluding hydrogens is 162 g/mol. The van der Waals surface area contributed by atoms with Gasteiger partial charge in [-0.05, 0) is 31.7 Å². The fraction of sp³-hybridized carbons (Fsp3) is 0.909. The van der Waals surface area contributed by atoms with Gasteiger partial charge in [-0.25, -0.2) is 0 Å². The van der Waals surface area contributed by atoms with E-state index in [0.29, 0.717) is 11.7 Å². The lowest BCUT2D eigenvalue weighted by molar-refractivity contribution is -0.132. The lowest BCUT2D eigenvalue weighted by Gasteiger charge is -2.33. The lowest BCUT2D eigenvalue weighted by Crippen LogP contribution is -2.51. The number of Topliss-reactive ketones (excluding diaryl/α,β-unsaturated/α-hetero) is 1. The molecule has 2 heteroatoms. The van der Waals surface area contributed by atoms with Gasteiger partial charge < -0.3 is 5.32 Å². The fourth-order valence-electron chi connectivity index (χ4n) is 3.25. The van der Waals surface area contributed by atoms with E-state index in [1.165, 1.54) is 6.42 Å². The smallest absolute Gasteiger partial charge is 0.158 e. The number of carbonyl (C=O) groups excluding carboxylic acids is 1. The summed E-state index contributed by atoms with van der Waals surface area (Å²) >= 11 is 0. The van der Waals surface area contributed by atoms with E-state index in [1.807, 2.05) is 0 Å². The van der Waals surface area contributed by atoms with Crippen LogP contribution >= 0.6 is 0 Å². The van der Waals surface area contributed by atoms with E-state index in [2.05, 4.69) is 26.1 Å². The van der Waals surface area contributed by atoms with Crippen molar-refractivity contribution < 1.29 is 4.79 Å². The summed E-state index contributed by atoms with van der Waals surface area (Å²) in [6.45, 7) is 7.21. The number of fused-ring (bicyclic) bond motifs is 2. The maximum Gasteiger partial charge on any atom is 0.158 e. The third-order valence-electron chi connectivity index (χ3n) is 4.07. The highest BCUT2D eigenvalue weighted by Crippen LogP contribution is 2.55. The zero-order valence-electron chi connectivity index (χ0n) is 8.81. The molecule has 1 N–H and O–H groups in total. The van der Waals surface area contributed by atoms with Gasteiger partial charge in [0.25, 0.3) is 0 Å². The Balaban J connectivity index is 2.29. The van der Waals surface area contributed by atoms with E-state index >= 15 is 0 Å². The molecule has 2 saturated carbocycles. The van der Waals surface area contributed by atoms with Gasteiger partial charge in [-0.3, -0.25) is 4.79 Å². The van der Waals surface area contributed by atoms with Gasteiger partial charge in [-0.15, -0.1) is 0 Å². The molecule has 0 radical (unpaired) electrons. The van der Waals surface area contributed by atoms with E-state index in [0.717, 1.165) is 19.4 Å². The van der Waals surface area contributed by atoms with Crippen molar-refractivity contribution in [1.29, 1.82) is 0 Å². The molecule has 0 aliphatic heterocycles. The molecule has 2 aliphatic rings. The topological polar surface area (TPSA) is 29.1 Å². The number of carbonyl (C=O) groups is 1. The summed E-state index contributed by atoms with van der Waals surface area (Å²) in [5.41, 5.74) is -0.205. The molecule has 74 valence electrons. The largest absolute Gasteiger partial charge is 0.305 e. The van der Waals surface area contributed by atoms with Crippen LogP contribution in [-0.4, -0.2) is 17.9 Å². The highest BCUT2D eigenvalue weighted by atomic mass is 16.1. The van der Waals surface area contributed by atoms with Crippen molar-refractivity contribution in [3.8, 4) is 0 Å². The lowest BCUT2D eigenvalue weighted by atomic mass is 9.74. The zero-order chi connectivity index (χ0) is 9.69. The summed E-state index contributed by atoms with van der Waals surface area (Å²) in [7, 11) is 0. The first-order chi connectivity index (χ1) is 6.03. The van der Waals surface area contributed by atoms with Crippen molar-refractivity contribution in [3.63, 3.8) is 0 Å². The molecule has 2 atom stereocenters. The van der Waals surface area contributed by atoms with E-state index in [1.54, 1.807) is 0 Å². The molecule has 0 spiro atoms. The Morgan fingerprint density at radius 2 is 2.23 bits per heavy atom. The molecule has 2 rings (SSSR count). The predicted molar refractivity (Wildman–Crippen MR) is 52.5 cm³/mol. The minimum absolute atomic E-state index is 0.0690. The molecule has 0 amide bonds. The Hall–Kier alpha value is -0.370. The minimum Gasteiger partial charge on any atom is -0.305 e. The Bertz CT molecular complexity index is 246. The van der Waals surface area contributed by atoms with Gasteiger partial charge in [0.05, 0.1) is 5.54 Å². The van der Waals surface area contributed by atoms with Crippen LogP contribution in [0.15, 0.2) is 0 Å².